The van der Waals surface area contributed by atoms with E-state index < -0.39 is 0 Å². The molecule has 0 radical (unpaired) electrons. The Bertz CT molecular complexity index is 1960. The zero-order valence-electron chi connectivity index (χ0n) is 24.0. The molecule has 6 aromatic rings. The number of hydrogen-bond acceptors (Lipinski definition) is 3. The molecule has 0 spiro atoms. The summed E-state index contributed by atoms with van der Waals surface area (Å²) >= 11 is 0. The van der Waals surface area contributed by atoms with E-state index >= 15 is 0 Å². The van der Waals surface area contributed by atoms with Gasteiger partial charge in [-0.3, -0.25) is 19.2 Å². The van der Waals surface area contributed by atoms with Gasteiger partial charge in [-0.2, -0.15) is 0 Å². The van der Waals surface area contributed by atoms with E-state index in [1.54, 1.807) is 6.07 Å². The maximum absolute atomic E-state index is 13.4. The smallest absolute Gasteiger partial charge is 0.255 e. The van der Waals surface area contributed by atoms with Gasteiger partial charge < -0.3 is 0 Å². The summed E-state index contributed by atoms with van der Waals surface area (Å²) in [4.78, 5) is 20.8. The maximum Gasteiger partial charge on any atom is 0.255 e. The van der Waals surface area contributed by atoms with Gasteiger partial charge in [0, 0.05) is 34.3 Å². The minimum absolute atomic E-state index is 0.0349. The van der Waals surface area contributed by atoms with E-state index in [1.807, 2.05) is 16.8 Å². The minimum atomic E-state index is -0.0349. The summed E-state index contributed by atoms with van der Waals surface area (Å²) < 4.78 is 1.86. The van der Waals surface area contributed by atoms with Gasteiger partial charge in [-0.15, -0.1) is 0 Å². The van der Waals surface area contributed by atoms with Crippen LogP contribution in [-0.4, -0.2) is 33.1 Å². The second-order valence-electron chi connectivity index (χ2n) is 12.4. The highest BCUT2D eigenvalue weighted by atomic mass is 16.1. The molecule has 0 bridgehead atoms. The standard InChI is InChI=1S/C37H35N3O/c1-37(2,3)39-20-18-27(19-21-39)26-10-14-32(15-11-26)40-35(41)17-13-31-24-38-34-16-12-30(23-33(34)36(31)40)29-9-8-25-6-4-5-7-28(25)22-29/h4-17,22-24,27H,18-21H2,1-3H3. The summed E-state index contributed by atoms with van der Waals surface area (Å²) in [6.45, 7) is 9.14. The van der Waals surface area contributed by atoms with E-state index in [-0.39, 0.29) is 11.1 Å². The first-order chi connectivity index (χ1) is 19.8. The molecule has 1 aliphatic rings. The van der Waals surface area contributed by atoms with Gasteiger partial charge >= 0.3 is 0 Å². The molecule has 1 saturated heterocycles. The van der Waals surface area contributed by atoms with Crippen molar-refractivity contribution < 1.29 is 0 Å². The van der Waals surface area contributed by atoms with Crippen molar-refractivity contribution in [3.63, 3.8) is 0 Å². The van der Waals surface area contributed by atoms with Crippen molar-refractivity contribution in [1.29, 1.82) is 0 Å². The first kappa shape index (κ1) is 25.7. The van der Waals surface area contributed by atoms with Crippen molar-refractivity contribution in [3.8, 4) is 16.8 Å². The van der Waals surface area contributed by atoms with Crippen molar-refractivity contribution >= 4 is 32.6 Å². The second kappa shape index (κ2) is 9.97. The fraction of sp³-hybridized carbons (Fsp3) is 0.243. The molecule has 0 N–H and O–H groups in total. The average Bonchev–Trinajstić information content (AvgIpc) is 3.00. The molecule has 0 unspecified atom stereocenters. The molecule has 1 aliphatic heterocycles. The summed E-state index contributed by atoms with van der Waals surface area (Å²) in [5.74, 6) is 0.557. The Labute approximate surface area is 240 Å². The van der Waals surface area contributed by atoms with Gasteiger partial charge in [0.1, 0.15) is 0 Å². The highest BCUT2D eigenvalue weighted by molar-refractivity contribution is 6.05. The van der Waals surface area contributed by atoms with E-state index in [0.29, 0.717) is 5.92 Å². The Morgan fingerprint density at radius 2 is 1.41 bits per heavy atom. The molecule has 1 fully saturated rings. The Balaban J connectivity index is 1.30. The maximum atomic E-state index is 13.4. The zero-order chi connectivity index (χ0) is 28.1. The molecular weight excluding hydrogens is 502 g/mol. The van der Waals surface area contributed by atoms with Crippen molar-refractivity contribution in [1.82, 2.24) is 14.5 Å². The third kappa shape index (κ3) is 4.72. The van der Waals surface area contributed by atoms with Crippen molar-refractivity contribution in [2.75, 3.05) is 13.1 Å². The summed E-state index contributed by atoms with van der Waals surface area (Å²) in [6, 6.07) is 33.6. The van der Waals surface area contributed by atoms with Crippen LogP contribution in [0.15, 0.2) is 108 Å². The van der Waals surface area contributed by atoms with Gasteiger partial charge in [-0.25, -0.2) is 0 Å². The minimum Gasteiger partial charge on any atom is -0.298 e. The molecule has 0 aliphatic carbocycles. The lowest BCUT2D eigenvalue weighted by Crippen LogP contribution is -2.45. The van der Waals surface area contributed by atoms with E-state index in [1.165, 1.54) is 29.2 Å². The summed E-state index contributed by atoms with van der Waals surface area (Å²) in [6.07, 6.45) is 4.21. The molecule has 0 atom stereocenters. The highest BCUT2D eigenvalue weighted by Gasteiger charge is 2.27. The Morgan fingerprint density at radius 3 is 2.17 bits per heavy atom. The lowest BCUT2D eigenvalue weighted by molar-refractivity contribution is 0.102. The van der Waals surface area contributed by atoms with Crippen LogP contribution in [-0.2, 0) is 0 Å². The molecular formula is C37H35N3O. The SMILES string of the molecule is CC(C)(C)N1CCC(c2ccc(-n3c(=O)ccc4cnc5ccc(-c6ccc7ccccc7c6)cc5c43)cc2)CC1. The first-order valence-corrected chi connectivity index (χ1v) is 14.6. The number of hydrogen-bond donors (Lipinski definition) is 0. The number of likely N-dealkylation sites (tertiary alicyclic amines) is 1. The van der Waals surface area contributed by atoms with Crippen LogP contribution in [0.5, 0.6) is 0 Å². The molecule has 3 heterocycles. The zero-order valence-corrected chi connectivity index (χ0v) is 24.0. The molecule has 4 aromatic carbocycles. The van der Waals surface area contributed by atoms with Gasteiger partial charge in [0.15, 0.2) is 0 Å². The summed E-state index contributed by atoms with van der Waals surface area (Å²) in [7, 11) is 0. The molecule has 41 heavy (non-hydrogen) atoms. The molecule has 0 amide bonds. The van der Waals surface area contributed by atoms with Crippen LogP contribution in [0.1, 0.15) is 45.1 Å². The molecule has 204 valence electrons. The van der Waals surface area contributed by atoms with Gasteiger partial charge in [-0.05, 0) is 116 Å². The van der Waals surface area contributed by atoms with Crippen molar-refractivity contribution in [3.05, 3.63) is 119 Å². The van der Waals surface area contributed by atoms with Crippen LogP contribution in [0.3, 0.4) is 0 Å². The number of piperidine rings is 1. The van der Waals surface area contributed by atoms with Crippen LogP contribution >= 0.6 is 0 Å². The molecule has 4 heteroatoms. The molecule has 2 aromatic heterocycles. The number of aromatic nitrogens is 2. The van der Waals surface area contributed by atoms with Crippen molar-refractivity contribution in [2.45, 2.75) is 45.1 Å². The fourth-order valence-corrected chi connectivity index (χ4v) is 6.50. The average molecular weight is 538 g/mol. The summed E-state index contributed by atoms with van der Waals surface area (Å²) in [5, 5.41) is 4.36. The Morgan fingerprint density at radius 1 is 0.732 bits per heavy atom. The number of benzene rings is 4. The normalized spacial score (nSPS) is 15.2. The fourth-order valence-electron chi connectivity index (χ4n) is 6.50. The topological polar surface area (TPSA) is 38.1 Å². The number of fused-ring (bicyclic) bond motifs is 4. The second-order valence-corrected chi connectivity index (χ2v) is 12.4. The van der Waals surface area contributed by atoms with Crippen LogP contribution in [0.4, 0.5) is 0 Å². The van der Waals surface area contributed by atoms with Crippen LogP contribution < -0.4 is 5.56 Å². The predicted octanol–water partition coefficient (Wildman–Crippen LogP) is 8.34. The molecule has 4 nitrogen and oxygen atoms in total. The van der Waals surface area contributed by atoms with Crippen molar-refractivity contribution in [2.24, 2.45) is 0 Å². The largest absolute Gasteiger partial charge is 0.298 e. The highest BCUT2D eigenvalue weighted by Crippen LogP contribution is 2.33. The lowest BCUT2D eigenvalue weighted by Gasteiger charge is -2.41. The van der Waals surface area contributed by atoms with Gasteiger partial charge in [-0.1, -0.05) is 54.6 Å². The third-order valence-electron chi connectivity index (χ3n) is 8.87. The van der Waals surface area contributed by atoms with Gasteiger partial charge in [0.05, 0.1) is 11.0 Å². The molecule has 0 saturated carbocycles. The Hall–Kier alpha value is -4.28. The molecule has 7 rings (SSSR count). The van der Waals surface area contributed by atoms with E-state index in [9.17, 15) is 4.79 Å². The van der Waals surface area contributed by atoms with Gasteiger partial charge in [0.2, 0.25) is 0 Å². The lowest BCUT2D eigenvalue weighted by atomic mass is 9.87. The van der Waals surface area contributed by atoms with E-state index in [0.717, 1.165) is 51.7 Å². The number of rotatable bonds is 3. The Kier molecular flexibility index (Phi) is 6.24. The van der Waals surface area contributed by atoms with Gasteiger partial charge in [0.25, 0.3) is 5.56 Å². The number of nitrogens with zero attached hydrogens (tertiary/aromatic N) is 3. The van der Waals surface area contributed by atoms with E-state index in [2.05, 4.69) is 111 Å². The first-order valence-electron chi connectivity index (χ1n) is 14.6. The van der Waals surface area contributed by atoms with E-state index in [4.69, 9.17) is 4.98 Å². The van der Waals surface area contributed by atoms with Crippen LogP contribution in [0.2, 0.25) is 0 Å². The van der Waals surface area contributed by atoms with Crippen LogP contribution in [0.25, 0.3) is 49.4 Å². The summed E-state index contributed by atoms with van der Waals surface area (Å²) in [5.41, 5.74) is 6.47. The predicted molar refractivity (Wildman–Crippen MR) is 171 cm³/mol. The monoisotopic (exact) mass is 537 g/mol. The number of pyridine rings is 2. The third-order valence-corrected chi connectivity index (χ3v) is 8.87. The quantitative estimate of drug-likeness (QED) is 0.213. The van der Waals surface area contributed by atoms with Crippen LogP contribution in [0, 0.1) is 0 Å².